The molecule has 0 N–H and O–H groups in total. The number of rotatable bonds is 4. The minimum Gasteiger partial charge on any atom is -0.495 e. The molecule has 0 fully saturated rings. The topological polar surface area (TPSA) is 29.5 Å². The molecule has 1 heterocycles. The molecule has 3 nitrogen and oxygen atoms in total. The molecule has 0 unspecified atom stereocenters. The van der Waals surface area contributed by atoms with E-state index in [2.05, 4.69) is 13.8 Å². The van der Waals surface area contributed by atoms with E-state index < -0.39 is 0 Å². The van der Waals surface area contributed by atoms with Crippen molar-refractivity contribution in [3.8, 4) is 5.75 Å². The fourth-order valence-electron chi connectivity index (χ4n) is 2.29. The molecule has 4 heteroatoms. The minimum atomic E-state index is 0.192. The van der Waals surface area contributed by atoms with E-state index in [9.17, 15) is 4.79 Å². The fraction of sp³-hybridized carbons (Fsp3) is 0.533. The highest BCUT2D eigenvalue weighted by Crippen LogP contribution is 2.31. The highest BCUT2D eigenvalue weighted by Gasteiger charge is 2.24. The summed E-state index contributed by atoms with van der Waals surface area (Å²) in [5, 5.41) is 0.611. The maximum absolute atomic E-state index is 12.1. The summed E-state index contributed by atoms with van der Waals surface area (Å²) in [5.41, 5.74) is 2.17. The van der Waals surface area contributed by atoms with Gasteiger partial charge in [0.05, 0.1) is 18.6 Å². The van der Waals surface area contributed by atoms with Gasteiger partial charge in [0.1, 0.15) is 5.75 Å². The molecule has 0 aromatic heterocycles. The summed E-state index contributed by atoms with van der Waals surface area (Å²) >= 11 is 6.14. The second kappa shape index (κ2) is 5.83. The van der Waals surface area contributed by atoms with Gasteiger partial charge in [0.2, 0.25) is 5.91 Å². The van der Waals surface area contributed by atoms with Crippen molar-refractivity contribution in [1.29, 1.82) is 0 Å². The summed E-state index contributed by atoms with van der Waals surface area (Å²) in [6.07, 6.45) is 1.48. The van der Waals surface area contributed by atoms with Crippen LogP contribution in [0, 0.1) is 5.92 Å². The maximum Gasteiger partial charge on any atom is 0.227 e. The summed E-state index contributed by atoms with van der Waals surface area (Å²) < 4.78 is 5.20. The molecule has 0 saturated heterocycles. The van der Waals surface area contributed by atoms with Crippen LogP contribution in [0.2, 0.25) is 5.02 Å². The molecule has 104 valence electrons. The van der Waals surface area contributed by atoms with Crippen LogP contribution >= 0.6 is 11.6 Å². The Kier molecular flexibility index (Phi) is 4.35. The molecule has 0 aliphatic carbocycles. The van der Waals surface area contributed by atoms with Crippen LogP contribution in [0.15, 0.2) is 12.1 Å². The van der Waals surface area contributed by atoms with E-state index in [1.807, 2.05) is 17.0 Å². The monoisotopic (exact) mass is 281 g/mol. The number of nitrogens with zero attached hydrogens (tertiary/aromatic N) is 1. The van der Waals surface area contributed by atoms with Gasteiger partial charge in [-0.15, -0.1) is 0 Å². The third-order valence-electron chi connectivity index (χ3n) is 3.51. The average Bonchev–Trinajstić information content (AvgIpc) is 2.36. The van der Waals surface area contributed by atoms with Crippen molar-refractivity contribution < 1.29 is 9.53 Å². The summed E-state index contributed by atoms with van der Waals surface area (Å²) in [5.74, 6) is 1.44. The lowest BCUT2D eigenvalue weighted by Crippen LogP contribution is -2.37. The van der Waals surface area contributed by atoms with Crippen LogP contribution in [0.1, 0.15) is 31.4 Å². The molecule has 0 atom stereocenters. The van der Waals surface area contributed by atoms with Crippen LogP contribution in [-0.2, 0) is 17.8 Å². The predicted octanol–water partition coefficient (Wildman–Crippen LogP) is 3.28. The Bertz CT molecular complexity index is 485. The molecule has 1 aliphatic rings. The molecule has 2 rings (SSSR count). The van der Waals surface area contributed by atoms with Gasteiger partial charge in [-0.25, -0.2) is 0 Å². The Hall–Kier alpha value is -1.22. The zero-order chi connectivity index (χ0) is 14.0. The van der Waals surface area contributed by atoms with Crippen LogP contribution in [0.3, 0.4) is 0 Å². The van der Waals surface area contributed by atoms with Crippen molar-refractivity contribution in [2.75, 3.05) is 13.7 Å². The predicted molar refractivity (Wildman–Crippen MR) is 76.6 cm³/mol. The molecule has 1 aliphatic heterocycles. The first-order valence-corrected chi connectivity index (χ1v) is 7.02. The van der Waals surface area contributed by atoms with Crippen LogP contribution in [0.25, 0.3) is 0 Å². The molecule has 0 radical (unpaired) electrons. The van der Waals surface area contributed by atoms with Gasteiger partial charge >= 0.3 is 0 Å². The molecule has 19 heavy (non-hydrogen) atoms. The Morgan fingerprint density at radius 2 is 2.11 bits per heavy atom. The van der Waals surface area contributed by atoms with Crippen molar-refractivity contribution >= 4 is 17.5 Å². The van der Waals surface area contributed by atoms with Crippen LogP contribution in [0.4, 0.5) is 0 Å². The second-order valence-corrected chi connectivity index (χ2v) is 5.84. The first kappa shape index (κ1) is 14.2. The van der Waals surface area contributed by atoms with Crippen LogP contribution in [-0.4, -0.2) is 24.5 Å². The SMILES string of the molecule is COc1cc2c(cc1Cl)CN(CCC(C)C)C(=O)C2. The third-order valence-corrected chi connectivity index (χ3v) is 3.80. The number of hydrogen-bond acceptors (Lipinski definition) is 2. The number of ether oxygens (including phenoxy) is 1. The van der Waals surface area contributed by atoms with Crippen molar-refractivity contribution in [3.63, 3.8) is 0 Å². The molecule has 1 aromatic rings. The normalized spacial score (nSPS) is 14.8. The van der Waals surface area contributed by atoms with Gasteiger partial charge in [-0.05, 0) is 35.6 Å². The largest absolute Gasteiger partial charge is 0.495 e. The first-order chi connectivity index (χ1) is 9.01. The van der Waals surface area contributed by atoms with Crippen molar-refractivity contribution in [3.05, 3.63) is 28.3 Å². The van der Waals surface area contributed by atoms with Crippen molar-refractivity contribution in [2.24, 2.45) is 5.92 Å². The number of carbonyl (C=O) groups is 1. The van der Waals surface area contributed by atoms with Crippen LogP contribution < -0.4 is 4.74 Å². The lowest BCUT2D eigenvalue weighted by molar-refractivity contribution is -0.132. The Morgan fingerprint density at radius 3 is 2.74 bits per heavy atom. The van der Waals surface area contributed by atoms with Gasteiger partial charge in [0.15, 0.2) is 0 Å². The lowest BCUT2D eigenvalue weighted by Gasteiger charge is -2.29. The highest BCUT2D eigenvalue weighted by molar-refractivity contribution is 6.32. The number of benzene rings is 1. The Morgan fingerprint density at radius 1 is 1.37 bits per heavy atom. The number of methoxy groups -OCH3 is 1. The van der Waals surface area contributed by atoms with E-state index in [0.717, 1.165) is 24.1 Å². The zero-order valence-corrected chi connectivity index (χ0v) is 12.5. The molecule has 0 spiro atoms. The van der Waals surface area contributed by atoms with E-state index in [-0.39, 0.29) is 5.91 Å². The summed E-state index contributed by atoms with van der Waals surface area (Å²) in [6, 6.07) is 3.81. The maximum atomic E-state index is 12.1. The second-order valence-electron chi connectivity index (χ2n) is 5.43. The lowest BCUT2D eigenvalue weighted by atomic mass is 9.98. The molecule has 1 amide bonds. The number of amides is 1. The Labute approximate surface area is 119 Å². The molecule has 0 saturated carbocycles. The van der Waals surface area contributed by atoms with E-state index in [4.69, 9.17) is 16.3 Å². The van der Waals surface area contributed by atoms with E-state index >= 15 is 0 Å². The minimum absolute atomic E-state index is 0.192. The highest BCUT2D eigenvalue weighted by atomic mass is 35.5. The van der Waals surface area contributed by atoms with E-state index in [1.54, 1.807) is 7.11 Å². The van der Waals surface area contributed by atoms with E-state index in [0.29, 0.717) is 29.7 Å². The molecule has 1 aromatic carbocycles. The van der Waals surface area contributed by atoms with Crippen molar-refractivity contribution in [1.82, 2.24) is 4.90 Å². The quantitative estimate of drug-likeness (QED) is 0.848. The van der Waals surface area contributed by atoms with Gasteiger partial charge in [-0.3, -0.25) is 4.79 Å². The van der Waals surface area contributed by atoms with Gasteiger partial charge < -0.3 is 9.64 Å². The zero-order valence-electron chi connectivity index (χ0n) is 11.7. The molecule has 0 bridgehead atoms. The fourth-order valence-corrected chi connectivity index (χ4v) is 2.55. The standard InChI is InChI=1S/C15H20ClNO2/c1-10(2)4-5-17-9-12-6-13(16)14(19-3)7-11(12)8-15(17)18/h6-7,10H,4-5,8-9H2,1-3H3. The summed E-state index contributed by atoms with van der Waals surface area (Å²) in [7, 11) is 1.59. The van der Waals surface area contributed by atoms with Crippen molar-refractivity contribution in [2.45, 2.75) is 33.2 Å². The number of fused-ring (bicyclic) bond motifs is 1. The van der Waals surface area contributed by atoms with E-state index in [1.165, 1.54) is 0 Å². The van der Waals surface area contributed by atoms with Gasteiger partial charge in [-0.2, -0.15) is 0 Å². The first-order valence-electron chi connectivity index (χ1n) is 6.64. The molecular formula is C15H20ClNO2. The number of halogens is 1. The number of hydrogen-bond donors (Lipinski definition) is 0. The Balaban J connectivity index is 2.18. The average molecular weight is 282 g/mol. The smallest absolute Gasteiger partial charge is 0.227 e. The van der Waals surface area contributed by atoms with Crippen LogP contribution in [0.5, 0.6) is 5.75 Å². The number of carbonyl (C=O) groups excluding carboxylic acids is 1. The van der Waals surface area contributed by atoms with Gasteiger partial charge in [-0.1, -0.05) is 25.4 Å². The third kappa shape index (κ3) is 3.21. The summed E-state index contributed by atoms with van der Waals surface area (Å²) in [6.45, 7) is 5.82. The van der Waals surface area contributed by atoms with Gasteiger partial charge in [0.25, 0.3) is 0 Å². The molecular weight excluding hydrogens is 262 g/mol. The summed E-state index contributed by atoms with van der Waals surface area (Å²) in [4.78, 5) is 14.0. The van der Waals surface area contributed by atoms with Gasteiger partial charge in [0, 0.05) is 13.1 Å².